The minimum atomic E-state index is -0.852. The third kappa shape index (κ3) is 8.50. The summed E-state index contributed by atoms with van der Waals surface area (Å²) in [4.78, 5) is 46.5. The molecule has 3 saturated heterocycles. The van der Waals surface area contributed by atoms with E-state index in [-0.39, 0.29) is 18.3 Å². The highest BCUT2D eigenvalue weighted by Crippen LogP contribution is 2.50. The van der Waals surface area contributed by atoms with Crippen LogP contribution in [0.5, 0.6) is 5.75 Å². The Labute approximate surface area is 337 Å². The molecule has 5 aliphatic rings. The van der Waals surface area contributed by atoms with Crippen molar-refractivity contribution in [2.45, 2.75) is 97.8 Å². The van der Waals surface area contributed by atoms with Crippen LogP contribution in [0.25, 0.3) is 10.9 Å². The maximum Gasteiger partial charge on any atom is 0.373 e. The van der Waals surface area contributed by atoms with E-state index in [9.17, 15) is 5.11 Å². The Balaban J connectivity index is 0.000000192. The summed E-state index contributed by atoms with van der Waals surface area (Å²) in [5.74, 6) is 3.59. The van der Waals surface area contributed by atoms with Gasteiger partial charge in [-0.3, -0.25) is 14.8 Å². The van der Waals surface area contributed by atoms with Crippen molar-refractivity contribution in [1.29, 1.82) is 0 Å². The van der Waals surface area contributed by atoms with Crippen LogP contribution in [-0.4, -0.2) is 84.3 Å². The minimum Gasteiger partial charge on any atom is -0.504 e. The molecule has 0 radical (unpaired) electrons. The van der Waals surface area contributed by atoms with E-state index in [2.05, 4.69) is 98.8 Å². The second-order valence-electron chi connectivity index (χ2n) is 16.1. The van der Waals surface area contributed by atoms with Crippen LogP contribution < -0.4 is 4.74 Å². The number of benzene rings is 2. The van der Waals surface area contributed by atoms with E-state index in [1.165, 1.54) is 52.7 Å². The van der Waals surface area contributed by atoms with Gasteiger partial charge in [0.05, 0.1) is 44.0 Å². The molecule has 1 aromatic heterocycles. The van der Waals surface area contributed by atoms with Crippen LogP contribution in [-0.2, 0) is 35.9 Å². The van der Waals surface area contributed by atoms with Crippen molar-refractivity contribution in [2.75, 3.05) is 40.4 Å². The van der Waals surface area contributed by atoms with E-state index in [0.29, 0.717) is 29.7 Å². The van der Waals surface area contributed by atoms with E-state index < -0.39 is 5.60 Å². The number of hydrogen-bond donors (Lipinski definition) is 2. The number of aryl methyl sites for hydroxylation is 1. The average Bonchev–Trinajstić information content (AvgIpc) is 3.76. The minimum absolute atomic E-state index is 0.250. The van der Waals surface area contributed by atoms with Gasteiger partial charge in [-0.1, -0.05) is 56.5 Å². The number of aliphatic hydroxyl groups is 1. The number of hydrogen-bond acceptors (Lipinski definition) is 10. The molecule has 0 amide bonds. The van der Waals surface area contributed by atoms with Gasteiger partial charge in [0.2, 0.25) is 0 Å². The van der Waals surface area contributed by atoms with Gasteiger partial charge < -0.3 is 19.6 Å². The normalized spacial score (nSPS) is 27.7. The van der Waals surface area contributed by atoms with Gasteiger partial charge in [-0.05, 0) is 112 Å². The Morgan fingerprint density at radius 2 is 1.54 bits per heavy atom. The summed E-state index contributed by atoms with van der Waals surface area (Å²) in [7, 11) is 3.52. The Kier molecular flexibility index (Phi) is 14.7. The van der Waals surface area contributed by atoms with E-state index in [0.717, 1.165) is 73.6 Å². The molecule has 8 rings (SSSR count). The molecular weight excluding hydrogens is 721 g/mol. The summed E-state index contributed by atoms with van der Waals surface area (Å²) in [5.41, 5.74) is 10.3. The molecule has 2 N–H and O–H groups in total. The molecule has 11 heteroatoms. The molecule has 3 aromatic rings. The maximum absolute atomic E-state index is 11.6. The quantitative estimate of drug-likeness (QED) is 0.189. The zero-order valence-electron chi connectivity index (χ0n) is 34.9. The maximum atomic E-state index is 11.6. The predicted octanol–water partition coefficient (Wildman–Crippen LogP) is 7.86. The van der Waals surface area contributed by atoms with E-state index in [4.69, 9.17) is 33.6 Å². The van der Waals surface area contributed by atoms with Gasteiger partial charge in [0.1, 0.15) is 11.4 Å². The smallest absolute Gasteiger partial charge is 0.373 e. The molecule has 3 fully saturated rings. The van der Waals surface area contributed by atoms with E-state index in [1.54, 1.807) is 14.2 Å². The van der Waals surface area contributed by atoms with E-state index in [1.807, 2.05) is 6.26 Å². The number of fused-ring (bicyclic) bond motifs is 10. The fourth-order valence-corrected chi connectivity index (χ4v) is 10.6. The molecule has 11 nitrogen and oxygen atoms in total. The first-order chi connectivity index (χ1) is 27.5. The number of aromatic nitrogens is 1. The monoisotopic (exact) mass is 780 g/mol. The number of allylic oxidation sites excluding steroid dienone is 3. The lowest BCUT2D eigenvalue weighted by Crippen LogP contribution is -2.60. The average molecular weight is 781 g/mol. The van der Waals surface area contributed by atoms with Crippen molar-refractivity contribution in [3.05, 3.63) is 82.3 Å². The molecular formula is C46H60N4O7. The number of piperidine rings is 3. The van der Waals surface area contributed by atoms with Gasteiger partial charge in [-0.15, -0.1) is 0 Å². The van der Waals surface area contributed by atoms with Crippen LogP contribution in [0.1, 0.15) is 95.1 Å². The molecule has 57 heavy (non-hydrogen) atoms. The summed E-state index contributed by atoms with van der Waals surface area (Å²) in [6, 6.07) is 13.3. The second kappa shape index (κ2) is 19.2. The van der Waals surface area contributed by atoms with Crippen molar-refractivity contribution in [2.24, 2.45) is 28.7 Å². The zero-order chi connectivity index (χ0) is 41.4. The van der Waals surface area contributed by atoms with Gasteiger partial charge in [0, 0.05) is 48.3 Å². The van der Waals surface area contributed by atoms with E-state index >= 15 is 0 Å². The first-order valence-corrected chi connectivity index (χ1v) is 20.4. The molecule has 0 aliphatic carbocycles. The van der Waals surface area contributed by atoms with Crippen molar-refractivity contribution >= 4 is 34.6 Å². The van der Waals surface area contributed by atoms with Crippen LogP contribution >= 0.6 is 0 Å². The number of H-pyrrole nitrogens is 1. The third-order valence-corrected chi connectivity index (χ3v) is 13.4. The standard InChI is InChI=1S/C22H30N2O2.C22H30N2O.2CO2/c1-5-15-12-24-10-9-16-21-18(7-6-8-20(21)26-4)23-22(16)19(24)11-17(15)14(2)13-25-3;1-5-14(3)17-12-19-21-22(25,10-11-24(19)13-16(17)6-2)20-15(4)8-7-9-18(20)23-21;2*2-1-3/h6-8,13,15,17,19,23H,5,9-12H2,1-4H3;5,7-9,16-17,19,25H,6,10-13H2,1-4H3;;/b14-13+;14-5+;;/t15-,17-,19+;16-,17-,19+,22+;;/m11../s1. The Morgan fingerprint density at radius 1 is 0.930 bits per heavy atom. The molecule has 306 valence electrons. The zero-order valence-corrected chi connectivity index (χ0v) is 34.9. The van der Waals surface area contributed by atoms with Gasteiger partial charge in [0.15, 0.2) is 0 Å². The third-order valence-electron chi connectivity index (χ3n) is 13.4. The number of ether oxygens (including phenoxy) is 2. The lowest BCUT2D eigenvalue weighted by Gasteiger charge is -2.50. The fraction of sp³-hybridized carbons (Fsp3) is 0.543. The summed E-state index contributed by atoms with van der Waals surface area (Å²) in [5, 5.41) is 12.9. The number of methoxy groups -OCH3 is 2. The number of nitrogens with zero attached hydrogens (tertiary/aromatic N) is 3. The molecule has 5 aliphatic heterocycles. The predicted molar refractivity (Wildman–Crippen MR) is 219 cm³/mol. The van der Waals surface area contributed by atoms with Crippen LogP contribution in [0, 0.1) is 30.6 Å². The largest absolute Gasteiger partial charge is 0.504 e. The molecule has 0 bridgehead atoms. The van der Waals surface area contributed by atoms with Gasteiger partial charge in [0.25, 0.3) is 0 Å². The summed E-state index contributed by atoms with van der Waals surface area (Å²) < 4.78 is 11.0. The number of aliphatic imine (C=N–C) groups is 1. The van der Waals surface area contributed by atoms with Crippen molar-refractivity contribution < 1.29 is 33.8 Å². The van der Waals surface area contributed by atoms with Crippen molar-refractivity contribution in [1.82, 2.24) is 14.8 Å². The summed E-state index contributed by atoms with van der Waals surface area (Å²) in [6.45, 7) is 17.8. The SMILES string of the molecule is C/C=C(\C)[C@H]1C[C@H]2C3=Nc4cccc(C)c4[C@@]3(O)CCN2C[C@H]1CC.CC[C@@H]1CN2CCc3c([nH]c4cccc(OC)c34)[C@@H]2C[C@@H]1/C(C)=C/OC.O=C=O.O=C=O. The van der Waals surface area contributed by atoms with Crippen LogP contribution in [0.3, 0.4) is 0 Å². The first-order valence-electron chi connectivity index (χ1n) is 20.4. The molecule has 0 saturated carbocycles. The van der Waals surface area contributed by atoms with Gasteiger partial charge in [-0.25, -0.2) is 0 Å². The van der Waals surface area contributed by atoms with Crippen molar-refractivity contribution in [3.8, 4) is 5.75 Å². The first kappa shape index (κ1) is 43.5. The number of rotatable bonds is 6. The fourth-order valence-electron chi connectivity index (χ4n) is 10.6. The van der Waals surface area contributed by atoms with Gasteiger partial charge in [-0.2, -0.15) is 19.2 Å². The van der Waals surface area contributed by atoms with Crippen molar-refractivity contribution in [3.63, 3.8) is 0 Å². The summed E-state index contributed by atoms with van der Waals surface area (Å²) >= 11 is 0. The lowest BCUT2D eigenvalue weighted by molar-refractivity contribution is -0.193. The highest BCUT2D eigenvalue weighted by atomic mass is 16.5. The Bertz CT molecular complexity index is 2030. The second-order valence-corrected chi connectivity index (χ2v) is 16.1. The lowest BCUT2D eigenvalue weighted by atomic mass is 9.70. The number of aromatic amines is 1. The van der Waals surface area contributed by atoms with Crippen LogP contribution in [0.15, 0.2) is 64.9 Å². The number of nitrogens with one attached hydrogen (secondary N) is 1. The molecule has 7 atom stereocenters. The highest BCUT2D eigenvalue weighted by Gasteiger charge is 2.53. The summed E-state index contributed by atoms with van der Waals surface area (Å²) in [6.07, 6.45) is 11.3. The Morgan fingerprint density at radius 3 is 2.16 bits per heavy atom. The molecule has 0 spiro atoms. The highest BCUT2D eigenvalue weighted by molar-refractivity contribution is 6.05. The van der Waals surface area contributed by atoms with Crippen LogP contribution in [0.4, 0.5) is 5.69 Å². The Hall–Kier alpha value is -4.63. The molecule has 0 unspecified atom stereocenters. The molecule has 6 heterocycles. The topological polar surface area (TPSA) is 142 Å². The molecule has 2 aromatic carbocycles. The van der Waals surface area contributed by atoms with Gasteiger partial charge >= 0.3 is 12.3 Å². The number of carbonyl (C=O) groups excluding carboxylic acids is 4. The van der Waals surface area contributed by atoms with Crippen LogP contribution in [0.2, 0.25) is 0 Å².